The second-order valence-electron chi connectivity index (χ2n) is 7.31. The van der Waals surface area contributed by atoms with Gasteiger partial charge in [0.25, 0.3) is 5.91 Å². The van der Waals surface area contributed by atoms with Crippen LogP contribution in [-0.4, -0.2) is 43.0 Å². The summed E-state index contributed by atoms with van der Waals surface area (Å²) in [5.74, 6) is 0.907. The average molecular weight is 472 g/mol. The van der Waals surface area contributed by atoms with Crippen LogP contribution in [0.15, 0.2) is 72.8 Å². The Labute approximate surface area is 196 Å². The summed E-state index contributed by atoms with van der Waals surface area (Å²) in [4.78, 5) is 21.5. The maximum Gasteiger partial charge on any atom is 0.260 e. The molecule has 32 heavy (non-hydrogen) atoms. The first kappa shape index (κ1) is 23.7. The normalized spacial score (nSPS) is 10.8. The molecule has 1 heterocycles. The fourth-order valence-corrected chi connectivity index (χ4v) is 4.05. The van der Waals surface area contributed by atoms with Gasteiger partial charge in [0, 0.05) is 18.7 Å². The van der Waals surface area contributed by atoms with Crippen LogP contribution in [-0.2, 0) is 0 Å². The molecule has 0 fully saturated rings. The van der Waals surface area contributed by atoms with Crippen LogP contribution in [0.1, 0.15) is 10.4 Å². The Balaban J connectivity index is 0.00000289. The van der Waals surface area contributed by atoms with Crippen molar-refractivity contribution in [2.24, 2.45) is 0 Å². The number of thiazole rings is 1. The Hall–Kier alpha value is -3.00. The summed E-state index contributed by atoms with van der Waals surface area (Å²) in [6.45, 7) is 1.14. The van der Waals surface area contributed by atoms with E-state index < -0.39 is 0 Å². The van der Waals surface area contributed by atoms with Gasteiger partial charge in [-0.1, -0.05) is 29.5 Å². The molecule has 0 radical (unpaired) electrons. The molecule has 4 aromatic rings. The second-order valence-corrected chi connectivity index (χ2v) is 8.32. The van der Waals surface area contributed by atoms with Gasteiger partial charge in [-0.3, -0.25) is 9.69 Å². The molecule has 0 aliphatic heterocycles. The molecule has 0 spiro atoms. The largest absolute Gasteiger partial charge is 0.457 e. The predicted molar refractivity (Wildman–Crippen MR) is 130 cm³/mol. The Bertz CT molecular complexity index is 1180. The minimum absolute atomic E-state index is 0. The van der Waals surface area contributed by atoms with Gasteiger partial charge in [-0.25, -0.2) is 9.37 Å². The van der Waals surface area contributed by atoms with E-state index in [9.17, 15) is 9.18 Å². The first-order valence-electron chi connectivity index (χ1n) is 9.85. The minimum atomic E-state index is -0.317. The van der Waals surface area contributed by atoms with Crippen molar-refractivity contribution in [1.82, 2.24) is 9.88 Å². The van der Waals surface area contributed by atoms with Crippen LogP contribution >= 0.6 is 23.7 Å². The van der Waals surface area contributed by atoms with Gasteiger partial charge < -0.3 is 9.64 Å². The summed E-state index contributed by atoms with van der Waals surface area (Å²) < 4.78 is 20.1. The molecule has 0 atom stereocenters. The number of aromatic nitrogens is 1. The van der Waals surface area contributed by atoms with Crippen molar-refractivity contribution < 1.29 is 13.9 Å². The molecule has 166 valence electrons. The summed E-state index contributed by atoms with van der Waals surface area (Å²) in [6, 6.07) is 21.0. The van der Waals surface area contributed by atoms with Gasteiger partial charge in [0.2, 0.25) is 0 Å². The van der Waals surface area contributed by atoms with E-state index in [2.05, 4.69) is 4.98 Å². The highest BCUT2D eigenvalue weighted by atomic mass is 35.5. The van der Waals surface area contributed by atoms with Gasteiger partial charge in [-0.15, -0.1) is 12.4 Å². The minimum Gasteiger partial charge on any atom is -0.457 e. The number of fused-ring (bicyclic) bond motifs is 1. The fraction of sp³-hybridized carbons (Fsp3) is 0.167. The lowest BCUT2D eigenvalue weighted by Crippen LogP contribution is -2.36. The summed E-state index contributed by atoms with van der Waals surface area (Å²) in [6.07, 6.45) is 0. The quantitative estimate of drug-likeness (QED) is 0.339. The number of hydrogen-bond donors (Lipinski definition) is 0. The maximum atomic E-state index is 13.6. The molecule has 0 N–H and O–H groups in total. The molecular weight excluding hydrogens is 449 g/mol. The van der Waals surface area contributed by atoms with E-state index in [1.807, 2.05) is 49.3 Å². The highest BCUT2D eigenvalue weighted by Crippen LogP contribution is 2.30. The number of hydrogen-bond acceptors (Lipinski definition) is 5. The van der Waals surface area contributed by atoms with Crippen LogP contribution in [0.25, 0.3) is 10.2 Å². The number of benzene rings is 3. The zero-order chi connectivity index (χ0) is 21.8. The third-order valence-electron chi connectivity index (χ3n) is 4.67. The summed E-state index contributed by atoms with van der Waals surface area (Å²) in [5.41, 5.74) is 1.21. The first-order chi connectivity index (χ1) is 15.0. The zero-order valence-electron chi connectivity index (χ0n) is 17.7. The molecular formula is C24H23ClFN3O2S. The Kier molecular flexibility index (Phi) is 7.80. The van der Waals surface area contributed by atoms with Crippen molar-refractivity contribution in [3.63, 3.8) is 0 Å². The van der Waals surface area contributed by atoms with E-state index in [4.69, 9.17) is 4.74 Å². The number of nitrogens with zero attached hydrogens (tertiary/aromatic N) is 3. The summed E-state index contributed by atoms with van der Waals surface area (Å²) in [5, 5.41) is 0.553. The fourth-order valence-electron chi connectivity index (χ4n) is 3.03. The van der Waals surface area contributed by atoms with Crippen LogP contribution in [0, 0.1) is 5.82 Å². The van der Waals surface area contributed by atoms with E-state index in [1.165, 1.54) is 23.5 Å². The highest BCUT2D eigenvalue weighted by Gasteiger charge is 2.21. The predicted octanol–water partition coefficient (Wildman–Crippen LogP) is 5.86. The molecule has 0 aliphatic carbocycles. The summed E-state index contributed by atoms with van der Waals surface area (Å²) in [7, 11) is 3.90. The number of amides is 1. The van der Waals surface area contributed by atoms with E-state index in [0.29, 0.717) is 39.8 Å². The van der Waals surface area contributed by atoms with Crippen LogP contribution in [0.5, 0.6) is 11.5 Å². The molecule has 5 nitrogen and oxygen atoms in total. The molecule has 3 aromatic carbocycles. The topological polar surface area (TPSA) is 45.7 Å². The monoisotopic (exact) mass is 471 g/mol. The van der Waals surface area contributed by atoms with Gasteiger partial charge in [0.15, 0.2) is 5.13 Å². The van der Waals surface area contributed by atoms with E-state index in [-0.39, 0.29) is 24.1 Å². The summed E-state index contributed by atoms with van der Waals surface area (Å²) >= 11 is 1.31. The maximum absolute atomic E-state index is 13.6. The average Bonchev–Trinajstić information content (AvgIpc) is 3.17. The molecule has 0 saturated carbocycles. The first-order valence-corrected chi connectivity index (χ1v) is 10.7. The Morgan fingerprint density at radius 1 is 0.969 bits per heavy atom. The Morgan fingerprint density at radius 3 is 2.34 bits per heavy atom. The van der Waals surface area contributed by atoms with Crippen molar-refractivity contribution >= 4 is 45.0 Å². The lowest BCUT2D eigenvalue weighted by Gasteiger charge is -2.22. The SMILES string of the molecule is CN(C)CCN(C(=O)c1ccc(Oc2ccccc2)cc1)c1nc2ccc(F)cc2s1.Cl. The smallest absolute Gasteiger partial charge is 0.260 e. The third kappa shape index (κ3) is 5.62. The zero-order valence-corrected chi connectivity index (χ0v) is 19.3. The van der Waals surface area contributed by atoms with Gasteiger partial charge >= 0.3 is 0 Å². The number of carbonyl (C=O) groups is 1. The molecule has 0 aliphatic rings. The van der Waals surface area contributed by atoms with Crippen LogP contribution < -0.4 is 9.64 Å². The Morgan fingerprint density at radius 2 is 1.66 bits per heavy atom. The van der Waals surface area contributed by atoms with Gasteiger partial charge in [-0.05, 0) is 68.7 Å². The van der Waals surface area contributed by atoms with Crippen molar-refractivity contribution in [3.05, 3.63) is 84.2 Å². The number of ether oxygens (including phenoxy) is 1. The number of rotatable bonds is 7. The molecule has 1 amide bonds. The number of carbonyl (C=O) groups excluding carboxylic acids is 1. The van der Waals surface area contributed by atoms with Crippen molar-refractivity contribution in [3.8, 4) is 11.5 Å². The van der Waals surface area contributed by atoms with Crippen LogP contribution in [0.4, 0.5) is 9.52 Å². The number of likely N-dealkylation sites (N-methyl/N-ethyl adjacent to an activating group) is 1. The van der Waals surface area contributed by atoms with E-state index >= 15 is 0 Å². The number of halogens is 2. The van der Waals surface area contributed by atoms with Gasteiger partial charge in [0.1, 0.15) is 17.3 Å². The van der Waals surface area contributed by atoms with Crippen molar-refractivity contribution in [2.75, 3.05) is 32.1 Å². The van der Waals surface area contributed by atoms with Gasteiger partial charge in [-0.2, -0.15) is 0 Å². The molecule has 1 aromatic heterocycles. The lowest BCUT2D eigenvalue weighted by atomic mass is 10.2. The van der Waals surface area contributed by atoms with E-state index in [0.717, 1.165) is 5.75 Å². The number of para-hydroxylation sites is 1. The van der Waals surface area contributed by atoms with Crippen molar-refractivity contribution in [1.29, 1.82) is 0 Å². The molecule has 0 bridgehead atoms. The van der Waals surface area contributed by atoms with Crippen LogP contribution in [0.3, 0.4) is 0 Å². The second kappa shape index (κ2) is 10.5. The molecule has 8 heteroatoms. The van der Waals surface area contributed by atoms with Gasteiger partial charge in [0.05, 0.1) is 10.2 Å². The van der Waals surface area contributed by atoms with Crippen LogP contribution in [0.2, 0.25) is 0 Å². The highest BCUT2D eigenvalue weighted by molar-refractivity contribution is 7.22. The van der Waals surface area contributed by atoms with Crippen molar-refractivity contribution in [2.45, 2.75) is 0 Å². The lowest BCUT2D eigenvalue weighted by molar-refractivity contribution is 0.0985. The molecule has 4 rings (SSSR count). The molecule has 0 saturated heterocycles. The third-order valence-corrected chi connectivity index (χ3v) is 5.71. The van der Waals surface area contributed by atoms with E-state index in [1.54, 1.807) is 35.2 Å². The standard InChI is InChI=1S/C24H22FN3O2S.ClH/c1-27(2)14-15-28(24-26-21-13-10-18(25)16-22(21)31-24)23(29)17-8-11-20(12-9-17)30-19-6-4-3-5-7-19;/h3-13,16H,14-15H2,1-2H3;1H. The number of anilines is 1. The molecule has 0 unspecified atom stereocenters.